The first-order chi connectivity index (χ1) is 13.6. The lowest BCUT2D eigenvalue weighted by Crippen LogP contribution is -2.28. The van der Waals surface area contributed by atoms with E-state index in [0.29, 0.717) is 29.0 Å². The van der Waals surface area contributed by atoms with Gasteiger partial charge in [0.1, 0.15) is 10.4 Å². The number of anilines is 1. The zero-order valence-electron chi connectivity index (χ0n) is 16.0. The molecule has 154 valence electrons. The molecule has 29 heavy (non-hydrogen) atoms. The summed E-state index contributed by atoms with van der Waals surface area (Å²) >= 11 is 5.98. The van der Waals surface area contributed by atoms with E-state index in [1.165, 1.54) is 12.1 Å². The summed E-state index contributed by atoms with van der Waals surface area (Å²) in [6.07, 6.45) is 1.87. The van der Waals surface area contributed by atoms with Gasteiger partial charge in [0.05, 0.1) is 17.9 Å². The molecule has 0 spiro atoms. The van der Waals surface area contributed by atoms with Gasteiger partial charge in [-0.25, -0.2) is 23.5 Å². The van der Waals surface area contributed by atoms with Gasteiger partial charge in [0.15, 0.2) is 11.5 Å². The van der Waals surface area contributed by atoms with E-state index < -0.39 is 10.0 Å². The van der Waals surface area contributed by atoms with Gasteiger partial charge in [-0.3, -0.25) is 14.3 Å². The molecule has 0 bridgehead atoms. The molecule has 0 aliphatic carbocycles. The topological polar surface area (TPSA) is 146 Å². The molecule has 10 nitrogen and oxygen atoms in total. The third kappa shape index (κ3) is 4.36. The van der Waals surface area contributed by atoms with Gasteiger partial charge in [-0.05, 0) is 44.0 Å². The van der Waals surface area contributed by atoms with Gasteiger partial charge in [-0.2, -0.15) is 4.98 Å². The molecular weight excluding hydrogens is 418 g/mol. The molecule has 0 saturated heterocycles. The number of sulfonamides is 1. The number of halogens is 1. The van der Waals surface area contributed by atoms with Crippen LogP contribution in [0.15, 0.2) is 28.0 Å². The molecule has 0 unspecified atom stereocenters. The monoisotopic (exact) mass is 437 g/mol. The van der Waals surface area contributed by atoms with E-state index in [-0.39, 0.29) is 34.1 Å². The van der Waals surface area contributed by atoms with Crippen LogP contribution in [0.2, 0.25) is 5.28 Å². The fraction of sp³-hybridized carbons (Fsp3) is 0.353. The quantitative estimate of drug-likeness (QED) is 0.554. The summed E-state index contributed by atoms with van der Waals surface area (Å²) in [7, 11) is -3.82. The van der Waals surface area contributed by atoms with Crippen molar-refractivity contribution < 1.29 is 8.42 Å². The largest absolute Gasteiger partial charge is 0.360 e. The van der Waals surface area contributed by atoms with Gasteiger partial charge >= 0.3 is 0 Å². The van der Waals surface area contributed by atoms with E-state index >= 15 is 0 Å². The van der Waals surface area contributed by atoms with Gasteiger partial charge in [0, 0.05) is 12.2 Å². The molecule has 0 aromatic carbocycles. The van der Waals surface area contributed by atoms with Crippen LogP contribution in [0, 0.1) is 6.92 Å². The predicted molar refractivity (Wildman–Crippen MR) is 109 cm³/mol. The second-order valence-electron chi connectivity index (χ2n) is 6.53. The number of nitrogens with zero attached hydrogens (tertiary/aromatic N) is 5. The molecule has 0 aliphatic heterocycles. The van der Waals surface area contributed by atoms with Crippen molar-refractivity contribution in [3.05, 3.63) is 45.4 Å². The fourth-order valence-corrected chi connectivity index (χ4v) is 3.42. The van der Waals surface area contributed by atoms with E-state index in [0.717, 1.165) is 6.20 Å². The number of rotatable bonds is 6. The van der Waals surface area contributed by atoms with E-state index in [1.54, 1.807) is 11.5 Å². The fourth-order valence-electron chi connectivity index (χ4n) is 2.75. The third-order valence-electron chi connectivity index (χ3n) is 4.48. The normalized spacial score (nSPS) is 12.9. The molecule has 0 saturated carbocycles. The smallest absolute Gasteiger partial charge is 0.295 e. The first kappa shape index (κ1) is 21.1. The van der Waals surface area contributed by atoms with Crippen molar-refractivity contribution in [3.63, 3.8) is 0 Å². The highest BCUT2D eigenvalue weighted by Crippen LogP contribution is 2.20. The Hall–Kier alpha value is -2.63. The van der Waals surface area contributed by atoms with Crippen molar-refractivity contribution in [2.75, 3.05) is 5.32 Å². The zero-order chi connectivity index (χ0) is 21.3. The minimum Gasteiger partial charge on any atom is -0.360 e. The van der Waals surface area contributed by atoms with Crippen molar-refractivity contribution in [1.29, 1.82) is 0 Å². The summed E-state index contributed by atoms with van der Waals surface area (Å²) in [6, 6.07) is 2.73. The number of aryl methyl sites for hydroxylation is 1. The molecule has 0 radical (unpaired) electrons. The highest BCUT2D eigenvalue weighted by atomic mass is 35.5. The second-order valence-corrected chi connectivity index (χ2v) is 8.43. The standard InChI is InChI=1S/C17H20ClN7O3S/c1-4-9(2)25-15-13(10(3)22-17(18)24-15)23-14(16(25)26)21-7-11-5-6-12(8-20-11)29(19,27)28/h5-6,8-9H,4,7H2,1-3H3,(H,21,23)(H2,19,27,28)/t9-/m0/s1. The summed E-state index contributed by atoms with van der Waals surface area (Å²) in [5, 5.41) is 8.08. The Labute approximate surface area is 172 Å². The summed E-state index contributed by atoms with van der Waals surface area (Å²) < 4.78 is 24.2. The predicted octanol–water partition coefficient (Wildman–Crippen LogP) is 1.77. The molecule has 3 aromatic rings. The lowest BCUT2D eigenvalue weighted by Gasteiger charge is -2.17. The summed E-state index contributed by atoms with van der Waals surface area (Å²) in [4.78, 5) is 29.7. The highest BCUT2D eigenvalue weighted by Gasteiger charge is 2.18. The number of nitrogens with one attached hydrogen (secondary N) is 1. The summed E-state index contributed by atoms with van der Waals surface area (Å²) in [5.41, 5.74) is 1.56. The molecular formula is C17H20ClN7O3S. The molecule has 3 N–H and O–H groups in total. The van der Waals surface area contributed by atoms with Crippen LogP contribution < -0.4 is 16.0 Å². The van der Waals surface area contributed by atoms with Crippen LogP contribution in [-0.4, -0.2) is 32.9 Å². The van der Waals surface area contributed by atoms with Crippen molar-refractivity contribution in [3.8, 4) is 0 Å². The van der Waals surface area contributed by atoms with Crippen LogP contribution in [0.1, 0.15) is 37.7 Å². The summed E-state index contributed by atoms with van der Waals surface area (Å²) in [6.45, 7) is 5.77. The zero-order valence-corrected chi connectivity index (χ0v) is 17.6. The average Bonchev–Trinajstić information content (AvgIpc) is 2.65. The molecule has 12 heteroatoms. The van der Waals surface area contributed by atoms with Gasteiger partial charge in [0.25, 0.3) is 5.56 Å². The molecule has 0 fully saturated rings. The van der Waals surface area contributed by atoms with Crippen molar-refractivity contribution in [2.24, 2.45) is 5.14 Å². The lowest BCUT2D eigenvalue weighted by molar-refractivity contribution is 0.526. The number of hydrogen-bond donors (Lipinski definition) is 2. The Kier molecular flexibility index (Phi) is 5.82. The first-order valence-electron chi connectivity index (χ1n) is 8.79. The van der Waals surface area contributed by atoms with Gasteiger partial charge in [-0.1, -0.05) is 6.92 Å². The molecule has 0 aliphatic rings. The van der Waals surface area contributed by atoms with Crippen molar-refractivity contribution >= 4 is 38.6 Å². The van der Waals surface area contributed by atoms with Crippen LogP contribution in [0.5, 0.6) is 0 Å². The summed E-state index contributed by atoms with van der Waals surface area (Å²) in [5.74, 6) is 0.115. The number of aromatic nitrogens is 5. The molecule has 0 amide bonds. The number of fused-ring (bicyclic) bond motifs is 1. The SMILES string of the molecule is CC[C@H](C)n1c(=O)c(NCc2ccc(S(N)(=O)=O)cn2)nc2c(C)nc(Cl)nc21. The van der Waals surface area contributed by atoms with Crippen LogP contribution >= 0.6 is 11.6 Å². The number of pyridine rings is 1. The number of hydrogen-bond acceptors (Lipinski definition) is 8. The lowest BCUT2D eigenvalue weighted by atomic mass is 10.2. The molecule has 1 atom stereocenters. The van der Waals surface area contributed by atoms with Crippen LogP contribution in [0.4, 0.5) is 5.82 Å². The van der Waals surface area contributed by atoms with Crippen molar-refractivity contribution in [1.82, 2.24) is 24.5 Å². The maximum atomic E-state index is 13.0. The Morgan fingerprint density at radius 1 is 1.28 bits per heavy atom. The molecule has 3 aromatic heterocycles. The first-order valence-corrected chi connectivity index (χ1v) is 10.7. The van der Waals surface area contributed by atoms with Gasteiger partial charge in [0.2, 0.25) is 15.3 Å². The molecule has 3 heterocycles. The van der Waals surface area contributed by atoms with E-state index in [4.69, 9.17) is 16.7 Å². The van der Waals surface area contributed by atoms with E-state index in [1.807, 2.05) is 13.8 Å². The minimum absolute atomic E-state index is 0.0492. The molecule has 3 rings (SSSR count). The third-order valence-corrected chi connectivity index (χ3v) is 5.55. The van der Waals surface area contributed by atoms with Crippen LogP contribution in [0.25, 0.3) is 11.2 Å². The van der Waals surface area contributed by atoms with Crippen molar-refractivity contribution in [2.45, 2.75) is 44.7 Å². The van der Waals surface area contributed by atoms with Crippen LogP contribution in [0.3, 0.4) is 0 Å². The minimum atomic E-state index is -3.82. The van der Waals surface area contributed by atoms with E-state index in [2.05, 4.69) is 25.3 Å². The Bertz CT molecular complexity index is 1230. The maximum absolute atomic E-state index is 13.0. The van der Waals surface area contributed by atoms with E-state index in [9.17, 15) is 13.2 Å². The van der Waals surface area contributed by atoms with Gasteiger partial charge in [-0.15, -0.1) is 0 Å². The van der Waals surface area contributed by atoms with Gasteiger partial charge < -0.3 is 5.32 Å². The number of primary sulfonamides is 1. The Balaban J connectivity index is 2.01. The second kappa shape index (κ2) is 8.01. The highest BCUT2D eigenvalue weighted by molar-refractivity contribution is 7.89. The van der Waals surface area contributed by atoms with Crippen LogP contribution in [-0.2, 0) is 16.6 Å². The Morgan fingerprint density at radius 3 is 2.59 bits per heavy atom. The number of nitrogens with two attached hydrogens (primary N) is 1. The average molecular weight is 438 g/mol. The maximum Gasteiger partial charge on any atom is 0.295 e. The Morgan fingerprint density at radius 2 is 2.00 bits per heavy atom.